The Kier molecular flexibility index (Phi) is 6.55. The zero-order valence-electron chi connectivity index (χ0n) is 28.7. The lowest BCUT2D eigenvalue weighted by Gasteiger charge is -2.26. The van der Waals surface area contributed by atoms with Gasteiger partial charge in [-0.05, 0) is 93.7 Å². The van der Waals surface area contributed by atoms with Crippen molar-refractivity contribution in [2.24, 2.45) is 0 Å². The molecule has 53 heavy (non-hydrogen) atoms. The van der Waals surface area contributed by atoms with Crippen molar-refractivity contribution in [3.05, 3.63) is 188 Å². The summed E-state index contributed by atoms with van der Waals surface area (Å²) in [5, 5.41) is 9.19. The number of hydrogen-bond acceptors (Lipinski definition) is 3. The van der Waals surface area contributed by atoms with Crippen molar-refractivity contribution in [2.75, 3.05) is 4.90 Å². The second kappa shape index (κ2) is 11.7. The average Bonchev–Trinajstić information content (AvgIpc) is 3.81. The molecule has 0 unspecified atom stereocenters. The Hall–Kier alpha value is -7.10. The first kappa shape index (κ1) is 29.6. The largest absolute Gasteiger partial charge is 0.455 e. The van der Waals surface area contributed by atoms with Gasteiger partial charge in [-0.2, -0.15) is 0 Å². The molecule has 11 aromatic rings. The summed E-state index contributed by atoms with van der Waals surface area (Å²) in [6, 6.07) is 66.6. The van der Waals surface area contributed by atoms with Gasteiger partial charge in [0.2, 0.25) is 0 Å². The lowest BCUT2D eigenvalue weighted by atomic mass is 9.97. The van der Waals surface area contributed by atoms with Gasteiger partial charge in [-0.25, -0.2) is 0 Å². The van der Waals surface area contributed by atoms with E-state index in [0.29, 0.717) is 0 Å². The van der Waals surface area contributed by atoms with Crippen molar-refractivity contribution >= 4 is 82.5 Å². The lowest BCUT2D eigenvalue weighted by Crippen LogP contribution is -2.09. The van der Waals surface area contributed by atoms with Gasteiger partial charge in [-0.15, -0.1) is 0 Å². The Labute approximate surface area is 305 Å². The molecule has 0 aliphatic rings. The SMILES string of the molecule is c1ccc(N(c2ccc(-c3cccc4oc5c6ccccc6ccc5c34)cc2)c2ccc(-c3cccc4oc5c6ccccc6ccc5c34)cc2)cc1. The van der Waals surface area contributed by atoms with E-state index < -0.39 is 0 Å². The Bertz CT molecular complexity index is 2960. The highest BCUT2D eigenvalue weighted by Crippen LogP contribution is 2.43. The second-order valence-electron chi connectivity index (χ2n) is 13.7. The molecule has 0 amide bonds. The molecule has 0 saturated carbocycles. The Morgan fingerprint density at radius 2 is 0.736 bits per heavy atom. The van der Waals surface area contributed by atoms with Crippen LogP contribution in [0.1, 0.15) is 0 Å². The summed E-state index contributed by atoms with van der Waals surface area (Å²) in [5.74, 6) is 0. The van der Waals surface area contributed by atoms with E-state index >= 15 is 0 Å². The molecule has 11 rings (SSSR count). The van der Waals surface area contributed by atoms with Gasteiger partial charge in [0.15, 0.2) is 0 Å². The smallest absolute Gasteiger partial charge is 0.143 e. The molecule has 2 aromatic heterocycles. The molecule has 3 heteroatoms. The summed E-state index contributed by atoms with van der Waals surface area (Å²) in [6.07, 6.45) is 0. The van der Waals surface area contributed by atoms with Crippen molar-refractivity contribution in [3.8, 4) is 22.3 Å². The lowest BCUT2D eigenvalue weighted by molar-refractivity contribution is 0.672. The molecule has 0 radical (unpaired) electrons. The van der Waals surface area contributed by atoms with Crippen LogP contribution in [0.15, 0.2) is 197 Å². The second-order valence-corrected chi connectivity index (χ2v) is 13.7. The minimum atomic E-state index is 0.899. The van der Waals surface area contributed by atoms with Crippen molar-refractivity contribution in [1.82, 2.24) is 0 Å². The van der Waals surface area contributed by atoms with Crippen LogP contribution in [0.25, 0.3) is 87.7 Å². The number of rotatable bonds is 5. The summed E-state index contributed by atoms with van der Waals surface area (Å²) >= 11 is 0. The van der Waals surface area contributed by atoms with E-state index in [-0.39, 0.29) is 0 Å². The molecule has 2 heterocycles. The van der Waals surface area contributed by atoms with Gasteiger partial charge in [-0.1, -0.05) is 127 Å². The van der Waals surface area contributed by atoms with Crippen LogP contribution in [-0.2, 0) is 0 Å². The van der Waals surface area contributed by atoms with Crippen LogP contribution < -0.4 is 4.90 Å². The van der Waals surface area contributed by atoms with Crippen LogP contribution >= 0.6 is 0 Å². The number of anilines is 3. The van der Waals surface area contributed by atoms with E-state index in [2.05, 4.69) is 193 Å². The van der Waals surface area contributed by atoms with Crippen molar-refractivity contribution in [3.63, 3.8) is 0 Å². The maximum Gasteiger partial charge on any atom is 0.143 e. The van der Waals surface area contributed by atoms with Gasteiger partial charge >= 0.3 is 0 Å². The van der Waals surface area contributed by atoms with Gasteiger partial charge in [0.25, 0.3) is 0 Å². The first-order valence-corrected chi connectivity index (χ1v) is 18.0. The quantitative estimate of drug-likeness (QED) is 0.182. The van der Waals surface area contributed by atoms with Gasteiger partial charge in [0, 0.05) is 49.4 Å². The Morgan fingerprint density at radius 3 is 1.23 bits per heavy atom. The molecule has 9 aromatic carbocycles. The zero-order chi connectivity index (χ0) is 34.9. The highest BCUT2D eigenvalue weighted by atomic mass is 16.3. The van der Waals surface area contributed by atoms with E-state index in [1.165, 1.54) is 10.8 Å². The van der Waals surface area contributed by atoms with Crippen molar-refractivity contribution in [2.45, 2.75) is 0 Å². The standard InChI is InChI=1S/C50H31NO2/c1-2-12-36(13-3-1)51(37-26-20-34(21-27-37)39-16-8-18-45-47(39)43-30-24-32-10-4-6-14-41(32)49(43)52-45)38-28-22-35(23-29-38)40-17-9-19-46-48(40)44-31-25-33-11-5-7-15-42(33)50(44)53-46/h1-31H. The van der Waals surface area contributed by atoms with Gasteiger partial charge in [0.05, 0.1) is 0 Å². The van der Waals surface area contributed by atoms with Gasteiger partial charge < -0.3 is 13.7 Å². The molecule has 0 fully saturated rings. The molecule has 0 aliphatic heterocycles. The minimum Gasteiger partial charge on any atom is -0.455 e. The Morgan fingerprint density at radius 1 is 0.302 bits per heavy atom. The molecule has 248 valence electrons. The fourth-order valence-corrected chi connectivity index (χ4v) is 8.19. The van der Waals surface area contributed by atoms with Crippen molar-refractivity contribution < 1.29 is 8.83 Å². The zero-order valence-corrected chi connectivity index (χ0v) is 28.7. The Balaban J connectivity index is 0.994. The number of fused-ring (bicyclic) bond motifs is 10. The number of furan rings is 2. The normalized spacial score (nSPS) is 11.8. The predicted molar refractivity (Wildman–Crippen MR) is 222 cm³/mol. The molecule has 0 atom stereocenters. The highest BCUT2D eigenvalue weighted by molar-refractivity contribution is 6.20. The van der Waals surface area contributed by atoms with Gasteiger partial charge in [-0.3, -0.25) is 0 Å². The molecule has 0 aliphatic carbocycles. The molecule has 0 spiro atoms. The minimum absolute atomic E-state index is 0.899. The summed E-state index contributed by atoms with van der Waals surface area (Å²) in [7, 11) is 0. The summed E-state index contributed by atoms with van der Waals surface area (Å²) in [6.45, 7) is 0. The average molecular weight is 678 g/mol. The molecule has 3 nitrogen and oxygen atoms in total. The van der Waals surface area contributed by atoms with Gasteiger partial charge in [0.1, 0.15) is 22.3 Å². The predicted octanol–water partition coefficient (Wildman–Crippen LogP) is 14.6. The molecule has 0 bridgehead atoms. The maximum absolute atomic E-state index is 6.49. The number of nitrogens with zero attached hydrogens (tertiary/aromatic N) is 1. The third kappa shape index (κ3) is 4.68. The number of hydrogen-bond donors (Lipinski definition) is 0. The van der Waals surface area contributed by atoms with Crippen LogP contribution in [0.3, 0.4) is 0 Å². The fourth-order valence-electron chi connectivity index (χ4n) is 8.19. The van der Waals surface area contributed by atoms with E-state index in [1.54, 1.807) is 0 Å². The van der Waals surface area contributed by atoms with Crippen LogP contribution in [0, 0.1) is 0 Å². The third-order valence-electron chi connectivity index (χ3n) is 10.7. The molecule has 0 N–H and O–H groups in total. The van der Waals surface area contributed by atoms with Crippen LogP contribution in [-0.4, -0.2) is 0 Å². The first-order chi connectivity index (χ1) is 26.3. The monoisotopic (exact) mass is 677 g/mol. The van der Waals surface area contributed by atoms with E-state index in [1.807, 2.05) is 0 Å². The number of para-hydroxylation sites is 1. The highest BCUT2D eigenvalue weighted by Gasteiger charge is 2.18. The van der Waals surface area contributed by atoms with Crippen LogP contribution in [0.5, 0.6) is 0 Å². The molecule has 0 saturated heterocycles. The molecular formula is C50H31NO2. The fraction of sp³-hybridized carbons (Fsp3) is 0. The number of benzene rings is 9. The van der Waals surface area contributed by atoms with E-state index in [0.717, 1.165) is 94.0 Å². The summed E-state index contributed by atoms with van der Waals surface area (Å²) < 4.78 is 13.0. The van der Waals surface area contributed by atoms with Crippen LogP contribution in [0.2, 0.25) is 0 Å². The third-order valence-corrected chi connectivity index (χ3v) is 10.7. The van der Waals surface area contributed by atoms with Crippen LogP contribution in [0.4, 0.5) is 17.1 Å². The van der Waals surface area contributed by atoms with E-state index in [9.17, 15) is 0 Å². The topological polar surface area (TPSA) is 29.5 Å². The van der Waals surface area contributed by atoms with Crippen molar-refractivity contribution in [1.29, 1.82) is 0 Å². The van der Waals surface area contributed by atoms with E-state index in [4.69, 9.17) is 8.83 Å². The molecular weight excluding hydrogens is 647 g/mol. The maximum atomic E-state index is 6.49. The summed E-state index contributed by atoms with van der Waals surface area (Å²) in [5.41, 5.74) is 11.5. The summed E-state index contributed by atoms with van der Waals surface area (Å²) in [4.78, 5) is 2.31. The first-order valence-electron chi connectivity index (χ1n) is 18.0.